The molecule has 0 bridgehead atoms. The van der Waals surface area contributed by atoms with Crippen molar-refractivity contribution in [1.29, 1.82) is 0 Å². The molecular formula is C28H34F6N2O11S3. The standard InChI is InChI=1S/C28H34F6N2O11S3/c1-4-15-43-47-48-45-35-25(27(29,30)31)20-7-11-22(12-8-20)41-18-24(44-49(37,38)16-5-2)19-42-23-13-9-21(10-14-23)26(28(32,33)34)36-46-50(39,40)17-6-3/h7-14,24H,4-6,15-19H2,1-3H3. The van der Waals surface area contributed by atoms with Crippen molar-refractivity contribution < 1.29 is 74.6 Å². The van der Waals surface area contributed by atoms with Gasteiger partial charge in [0, 0.05) is 11.1 Å². The minimum Gasteiger partial charge on any atom is -0.491 e. The quantitative estimate of drug-likeness (QED) is 0.0243. The zero-order valence-electron chi connectivity index (χ0n) is 26.7. The number of alkyl halides is 6. The highest BCUT2D eigenvalue weighted by molar-refractivity contribution is 7.89. The Bertz CT molecular complexity index is 1600. The first kappa shape index (κ1) is 42.9. The molecule has 0 amide bonds. The van der Waals surface area contributed by atoms with Gasteiger partial charge in [0.1, 0.15) is 30.8 Å². The van der Waals surface area contributed by atoms with Crippen LogP contribution in [0.15, 0.2) is 58.8 Å². The van der Waals surface area contributed by atoms with Gasteiger partial charge >= 0.3 is 22.5 Å². The van der Waals surface area contributed by atoms with Crippen molar-refractivity contribution in [1.82, 2.24) is 0 Å². The molecule has 0 saturated carbocycles. The predicted octanol–water partition coefficient (Wildman–Crippen LogP) is 6.50. The highest BCUT2D eigenvalue weighted by Crippen LogP contribution is 2.27. The molecule has 0 aliphatic heterocycles. The molecule has 1 atom stereocenters. The zero-order chi connectivity index (χ0) is 37.4. The number of hydrogen-bond donors (Lipinski definition) is 0. The Morgan fingerprint density at radius 2 is 1.16 bits per heavy atom. The molecule has 0 N–H and O–H groups in total. The summed E-state index contributed by atoms with van der Waals surface area (Å²) in [6.07, 6.45) is -10.4. The molecule has 0 fully saturated rings. The van der Waals surface area contributed by atoms with Gasteiger partial charge in [-0.3, -0.25) is 12.8 Å². The second-order valence-corrected chi connectivity index (χ2v) is 13.7. The normalized spacial score (nSPS) is 13.9. The van der Waals surface area contributed by atoms with Crippen LogP contribution in [0.5, 0.6) is 11.5 Å². The molecule has 2 rings (SSSR count). The summed E-state index contributed by atoms with van der Waals surface area (Å²) in [7, 11) is -8.42. The monoisotopic (exact) mass is 784 g/mol. The molecule has 2 aromatic rings. The van der Waals surface area contributed by atoms with Crippen LogP contribution in [0.3, 0.4) is 0 Å². The first-order valence-corrected chi connectivity index (χ1v) is 18.4. The summed E-state index contributed by atoms with van der Waals surface area (Å²) < 4.78 is 159. The van der Waals surface area contributed by atoms with Gasteiger partial charge in [-0.25, -0.2) is 4.89 Å². The molecule has 0 radical (unpaired) electrons. The molecule has 50 heavy (non-hydrogen) atoms. The fourth-order valence-corrected chi connectivity index (χ4v) is 5.65. The van der Waals surface area contributed by atoms with Crippen LogP contribution < -0.4 is 9.47 Å². The van der Waals surface area contributed by atoms with Gasteiger partial charge in [-0.05, 0) is 67.8 Å². The van der Waals surface area contributed by atoms with Gasteiger partial charge in [0.25, 0.3) is 22.4 Å². The Hall–Kier alpha value is -3.31. The Morgan fingerprint density at radius 3 is 1.60 bits per heavy atom. The summed E-state index contributed by atoms with van der Waals surface area (Å²) in [6, 6.07) is 8.37. The van der Waals surface area contributed by atoms with E-state index in [4.69, 9.17) is 13.7 Å². The lowest BCUT2D eigenvalue weighted by atomic mass is 10.1. The third-order valence-corrected chi connectivity index (χ3v) is 8.59. The van der Waals surface area contributed by atoms with Crippen molar-refractivity contribution in [3.8, 4) is 11.5 Å². The van der Waals surface area contributed by atoms with Crippen LogP contribution in [-0.2, 0) is 42.2 Å². The van der Waals surface area contributed by atoms with Gasteiger partial charge in [0.2, 0.25) is 0 Å². The van der Waals surface area contributed by atoms with Crippen LogP contribution in [0.4, 0.5) is 26.3 Å². The third kappa shape index (κ3) is 15.7. The summed E-state index contributed by atoms with van der Waals surface area (Å²) in [5.41, 5.74) is -3.98. The van der Waals surface area contributed by atoms with E-state index in [0.717, 1.165) is 48.5 Å². The average molecular weight is 785 g/mol. The first-order chi connectivity index (χ1) is 23.4. The summed E-state index contributed by atoms with van der Waals surface area (Å²) in [5.74, 6) is -0.940. The van der Waals surface area contributed by atoms with Crippen LogP contribution in [0, 0.1) is 0 Å². The van der Waals surface area contributed by atoms with Gasteiger partial charge in [0.15, 0.2) is 11.4 Å². The molecule has 0 spiro atoms. The van der Waals surface area contributed by atoms with E-state index in [1.807, 2.05) is 0 Å². The van der Waals surface area contributed by atoms with E-state index in [1.165, 1.54) is 6.92 Å². The second kappa shape index (κ2) is 19.9. The Balaban J connectivity index is 2.16. The number of rotatable bonds is 22. The van der Waals surface area contributed by atoms with E-state index < -0.39 is 80.2 Å². The van der Waals surface area contributed by atoms with Gasteiger partial charge in [-0.2, -0.15) is 43.2 Å². The third-order valence-electron chi connectivity index (χ3n) is 5.62. The lowest BCUT2D eigenvalue weighted by Crippen LogP contribution is -2.32. The van der Waals surface area contributed by atoms with E-state index in [2.05, 4.69) is 28.1 Å². The van der Waals surface area contributed by atoms with Gasteiger partial charge in [-0.15, -0.1) is 4.33 Å². The van der Waals surface area contributed by atoms with E-state index in [0.29, 0.717) is 6.42 Å². The maximum absolute atomic E-state index is 13.6. The Morgan fingerprint density at radius 1 is 0.700 bits per heavy atom. The van der Waals surface area contributed by atoms with Gasteiger partial charge in [-0.1, -0.05) is 31.1 Å². The molecule has 22 heteroatoms. The smallest absolute Gasteiger partial charge is 0.437 e. The highest BCUT2D eigenvalue weighted by atomic mass is 32.2. The fourth-order valence-electron chi connectivity index (χ4n) is 3.52. The van der Waals surface area contributed by atoms with Crippen molar-refractivity contribution in [2.24, 2.45) is 10.3 Å². The van der Waals surface area contributed by atoms with Crippen molar-refractivity contribution in [3.05, 3.63) is 59.7 Å². The topological polar surface area (TPSA) is 158 Å². The lowest BCUT2D eigenvalue weighted by Gasteiger charge is -2.19. The van der Waals surface area contributed by atoms with Crippen LogP contribution >= 0.6 is 12.3 Å². The highest BCUT2D eigenvalue weighted by Gasteiger charge is 2.39. The van der Waals surface area contributed by atoms with Crippen molar-refractivity contribution in [2.45, 2.75) is 58.5 Å². The fraction of sp³-hybridized carbons (Fsp3) is 0.500. The molecule has 0 saturated heterocycles. The minimum absolute atomic E-state index is 0.00912. The Kier molecular flexibility index (Phi) is 17.1. The maximum Gasteiger partial charge on any atom is 0.437 e. The lowest BCUT2D eigenvalue weighted by molar-refractivity contribution is -0.196. The first-order valence-electron chi connectivity index (χ1n) is 14.6. The van der Waals surface area contributed by atoms with Crippen LogP contribution in [0.25, 0.3) is 0 Å². The van der Waals surface area contributed by atoms with Crippen molar-refractivity contribution in [3.63, 3.8) is 0 Å². The van der Waals surface area contributed by atoms with Crippen LogP contribution in [0.1, 0.15) is 51.2 Å². The van der Waals surface area contributed by atoms with E-state index in [-0.39, 0.29) is 49.0 Å². The summed E-state index contributed by atoms with van der Waals surface area (Å²) in [5, 5.41) is 5.85. The minimum atomic E-state index is -5.08. The number of benzene rings is 2. The number of nitrogens with zero attached hydrogens (tertiary/aromatic N) is 2. The molecular weight excluding hydrogens is 751 g/mol. The zero-order valence-corrected chi connectivity index (χ0v) is 29.2. The van der Waals surface area contributed by atoms with Crippen LogP contribution in [0.2, 0.25) is 0 Å². The predicted molar refractivity (Wildman–Crippen MR) is 169 cm³/mol. The Labute approximate surface area is 289 Å². The summed E-state index contributed by atoms with van der Waals surface area (Å²) in [6.45, 7) is 4.05. The second-order valence-electron chi connectivity index (χ2n) is 9.90. The molecule has 1 unspecified atom stereocenters. The number of halogens is 6. The van der Waals surface area contributed by atoms with E-state index in [9.17, 15) is 43.2 Å². The average Bonchev–Trinajstić information content (AvgIpc) is 3.01. The summed E-state index contributed by atoms with van der Waals surface area (Å²) in [4.78, 5) is 4.60. The largest absolute Gasteiger partial charge is 0.491 e. The molecule has 0 heterocycles. The molecule has 0 aliphatic rings. The summed E-state index contributed by atoms with van der Waals surface area (Å²) >= 11 is 0.0797. The molecule has 0 aliphatic carbocycles. The number of ether oxygens (including phenoxy) is 2. The van der Waals surface area contributed by atoms with Crippen molar-refractivity contribution in [2.75, 3.05) is 31.3 Å². The molecule has 2 aromatic carbocycles. The maximum atomic E-state index is 13.6. The number of oxime groups is 2. The molecule has 13 nitrogen and oxygen atoms in total. The molecule has 0 aromatic heterocycles. The van der Waals surface area contributed by atoms with Crippen LogP contribution in [-0.4, -0.2) is 78.0 Å². The van der Waals surface area contributed by atoms with E-state index in [1.54, 1.807) is 13.8 Å². The van der Waals surface area contributed by atoms with Gasteiger partial charge < -0.3 is 9.47 Å². The van der Waals surface area contributed by atoms with Crippen molar-refractivity contribution >= 4 is 44.0 Å². The molecule has 282 valence electrons. The SMILES string of the molecule is CCCOOSON=C(c1ccc(OCC(COc2ccc(C(=NOS(=O)(=O)CCC)C(F)(F)F)cc2)OS(=O)(=O)CCC)cc1)C(F)(F)F. The van der Waals surface area contributed by atoms with Gasteiger partial charge in [0.05, 0.1) is 18.1 Å². The van der Waals surface area contributed by atoms with E-state index >= 15 is 0 Å². The number of hydrogen-bond acceptors (Lipinski definition) is 14.